The minimum atomic E-state index is -0.278. The molecule has 1 heterocycles. The number of anilines is 1. The molecule has 0 unspecified atom stereocenters. The molecule has 6 heteroatoms. The molecule has 0 saturated heterocycles. The van der Waals surface area contributed by atoms with E-state index in [4.69, 9.17) is 5.26 Å². The minimum Gasteiger partial charge on any atom is -0.341 e. The van der Waals surface area contributed by atoms with E-state index < -0.39 is 0 Å². The van der Waals surface area contributed by atoms with E-state index >= 15 is 0 Å². The molecule has 0 fully saturated rings. The van der Waals surface area contributed by atoms with Crippen LogP contribution in [0.15, 0.2) is 73.1 Å². The van der Waals surface area contributed by atoms with Crippen LogP contribution in [-0.2, 0) is 6.42 Å². The number of hydrogen-bond acceptors (Lipinski definition) is 4. The second-order valence-electron chi connectivity index (χ2n) is 6.55. The van der Waals surface area contributed by atoms with Crippen LogP contribution in [0, 0.1) is 11.3 Å². The summed E-state index contributed by atoms with van der Waals surface area (Å²) in [5, 5.41) is 11.6. The van der Waals surface area contributed by atoms with Crippen LogP contribution in [0.4, 0.5) is 5.69 Å². The van der Waals surface area contributed by atoms with Crippen LogP contribution in [0.1, 0.15) is 31.8 Å². The molecule has 0 spiro atoms. The quantitative estimate of drug-likeness (QED) is 0.704. The first kappa shape index (κ1) is 19.8. The van der Waals surface area contributed by atoms with E-state index in [2.05, 4.69) is 10.3 Å². The van der Waals surface area contributed by atoms with Crippen LogP contribution in [-0.4, -0.2) is 35.3 Å². The van der Waals surface area contributed by atoms with Crippen molar-refractivity contribution in [3.05, 3.63) is 95.3 Å². The highest BCUT2D eigenvalue weighted by atomic mass is 16.2. The van der Waals surface area contributed by atoms with Crippen molar-refractivity contribution < 1.29 is 9.59 Å². The molecule has 3 aromatic rings. The number of aromatic nitrogens is 1. The topological polar surface area (TPSA) is 86.1 Å². The Kier molecular flexibility index (Phi) is 6.33. The van der Waals surface area contributed by atoms with Gasteiger partial charge < -0.3 is 10.2 Å². The van der Waals surface area contributed by atoms with Gasteiger partial charge in [0.2, 0.25) is 0 Å². The molecule has 3 rings (SSSR count). The summed E-state index contributed by atoms with van der Waals surface area (Å²) in [6.45, 7) is 0.587. The average Bonchev–Trinajstić information content (AvgIpc) is 2.78. The lowest BCUT2D eigenvalue weighted by Gasteiger charge is -2.17. The van der Waals surface area contributed by atoms with Crippen molar-refractivity contribution in [1.29, 1.82) is 5.26 Å². The van der Waals surface area contributed by atoms with Gasteiger partial charge in [-0.05, 0) is 72.6 Å². The summed E-state index contributed by atoms with van der Waals surface area (Å²) in [6.07, 6.45) is 4.22. The fourth-order valence-electron chi connectivity index (χ4n) is 2.76. The van der Waals surface area contributed by atoms with Crippen molar-refractivity contribution in [1.82, 2.24) is 9.88 Å². The standard InChI is InChI=1S/C23H20N4O2/c1-27(15-12-17-10-13-25-14-11-17)23(29)20-6-4-19(5-7-20)22(28)26-21-8-2-18(16-24)3-9-21/h2-11,13-14H,12,15H2,1H3,(H,26,28). The molecular weight excluding hydrogens is 364 g/mol. The SMILES string of the molecule is CN(CCc1ccncc1)C(=O)c1ccc(C(=O)Nc2ccc(C#N)cc2)cc1. The lowest BCUT2D eigenvalue weighted by Crippen LogP contribution is -2.28. The predicted molar refractivity (Wildman–Crippen MR) is 110 cm³/mol. The second kappa shape index (κ2) is 9.29. The number of pyridine rings is 1. The van der Waals surface area contributed by atoms with Gasteiger partial charge in [0.1, 0.15) is 0 Å². The Morgan fingerprint density at radius 3 is 2.21 bits per heavy atom. The number of carbonyl (C=O) groups is 2. The largest absolute Gasteiger partial charge is 0.341 e. The first-order chi connectivity index (χ1) is 14.1. The summed E-state index contributed by atoms with van der Waals surface area (Å²) < 4.78 is 0. The number of hydrogen-bond donors (Lipinski definition) is 1. The maximum atomic E-state index is 12.6. The second-order valence-corrected chi connectivity index (χ2v) is 6.55. The number of likely N-dealkylation sites (N-methyl/N-ethyl adjacent to an activating group) is 1. The van der Waals surface area contributed by atoms with E-state index in [-0.39, 0.29) is 11.8 Å². The molecule has 144 valence electrons. The Bertz CT molecular complexity index is 1020. The van der Waals surface area contributed by atoms with Gasteiger partial charge in [0.25, 0.3) is 11.8 Å². The molecule has 0 aliphatic carbocycles. The maximum Gasteiger partial charge on any atom is 0.255 e. The lowest BCUT2D eigenvalue weighted by atomic mass is 10.1. The zero-order valence-electron chi connectivity index (χ0n) is 16.0. The summed E-state index contributed by atoms with van der Waals surface area (Å²) in [6, 6.07) is 19.1. The Balaban J connectivity index is 1.58. The Labute approximate surface area is 169 Å². The highest BCUT2D eigenvalue weighted by Crippen LogP contribution is 2.13. The smallest absolute Gasteiger partial charge is 0.255 e. The summed E-state index contributed by atoms with van der Waals surface area (Å²) in [7, 11) is 1.76. The molecule has 0 bridgehead atoms. The van der Waals surface area contributed by atoms with Gasteiger partial charge in [0.05, 0.1) is 11.6 Å². The molecule has 6 nitrogen and oxygen atoms in total. The van der Waals surface area contributed by atoms with Gasteiger partial charge in [-0.15, -0.1) is 0 Å². The maximum absolute atomic E-state index is 12.6. The summed E-state index contributed by atoms with van der Waals surface area (Å²) >= 11 is 0. The number of nitriles is 1. The Morgan fingerprint density at radius 1 is 0.966 bits per heavy atom. The van der Waals surface area contributed by atoms with E-state index in [1.54, 1.807) is 72.9 Å². The highest BCUT2D eigenvalue weighted by Gasteiger charge is 2.13. The number of carbonyl (C=O) groups excluding carboxylic acids is 2. The monoisotopic (exact) mass is 384 g/mol. The fraction of sp³-hybridized carbons (Fsp3) is 0.130. The van der Waals surface area contributed by atoms with E-state index in [0.29, 0.717) is 28.9 Å². The zero-order chi connectivity index (χ0) is 20.6. The van der Waals surface area contributed by atoms with Crippen LogP contribution in [0.5, 0.6) is 0 Å². The molecule has 2 amide bonds. The van der Waals surface area contributed by atoms with Gasteiger partial charge in [0.15, 0.2) is 0 Å². The molecule has 0 atom stereocenters. The molecule has 1 N–H and O–H groups in total. The molecule has 0 aliphatic heterocycles. The third-order valence-electron chi connectivity index (χ3n) is 4.50. The minimum absolute atomic E-state index is 0.0990. The lowest BCUT2D eigenvalue weighted by molar-refractivity contribution is 0.0796. The van der Waals surface area contributed by atoms with E-state index in [1.165, 1.54) is 0 Å². The first-order valence-corrected chi connectivity index (χ1v) is 9.13. The third kappa shape index (κ3) is 5.27. The Hall–Kier alpha value is -3.98. The van der Waals surface area contributed by atoms with Crippen molar-refractivity contribution in [2.75, 3.05) is 18.9 Å². The van der Waals surface area contributed by atoms with Crippen LogP contribution in [0.25, 0.3) is 0 Å². The fourth-order valence-corrected chi connectivity index (χ4v) is 2.76. The van der Waals surface area contributed by atoms with Crippen molar-refractivity contribution in [2.45, 2.75) is 6.42 Å². The van der Waals surface area contributed by atoms with Gasteiger partial charge in [-0.1, -0.05) is 0 Å². The van der Waals surface area contributed by atoms with Crippen molar-refractivity contribution in [3.63, 3.8) is 0 Å². The van der Waals surface area contributed by atoms with E-state index in [0.717, 1.165) is 12.0 Å². The number of benzene rings is 2. The highest BCUT2D eigenvalue weighted by molar-refractivity contribution is 6.05. The van der Waals surface area contributed by atoms with Crippen LogP contribution < -0.4 is 5.32 Å². The molecule has 1 aromatic heterocycles. The van der Waals surface area contributed by atoms with Crippen molar-refractivity contribution in [3.8, 4) is 6.07 Å². The van der Waals surface area contributed by atoms with Gasteiger partial charge in [-0.2, -0.15) is 5.26 Å². The predicted octanol–water partition coefficient (Wildman–Crippen LogP) is 3.52. The number of amides is 2. The summed E-state index contributed by atoms with van der Waals surface area (Å²) in [5.41, 5.74) is 3.22. The molecule has 2 aromatic carbocycles. The molecule has 0 radical (unpaired) electrons. The first-order valence-electron chi connectivity index (χ1n) is 9.13. The van der Waals surface area contributed by atoms with Crippen molar-refractivity contribution in [2.24, 2.45) is 0 Å². The van der Waals surface area contributed by atoms with Gasteiger partial charge in [0, 0.05) is 42.8 Å². The average molecular weight is 384 g/mol. The molecule has 29 heavy (non-hydrogen) atoms. The number of rotatable bonds is 6. The van der Waals surface area contributed by atoms with E-state index in [1.807, 2.05) is 18.2 Å². The van der Waals surface area contributed by atoms with E-state index in [9.17, 15) is 9.59 Å². The van der Waals surface area contributed by atoms with Gasteiger partial charge in [-0.25, -0.2) is 0 Å². The summed E-state index contributed by atoms with van der Waals surface area (Å²) in [5.74, 6) is -0.377. The zero-order valence-corrected chi connectivity index (χ0v) is 16.0. The number of nitrogens with zero attached hydrogens (tertiary/aromatic N) is 3. The van der Waals surface area contributed by atoms with Crippen LogP contribution in [0.3, 0.4) is 0 Å². The summed E-state index contributed by atoms with van der Waals surface area (Å²) in [4.78, 5) is 30.6. The Morgan fingerprint density at radius 2 is 1.59 bits per heavy atom. The van der Waals surface area contributed by atoms with Gasteiger partial charge >= 0.3 is 0 Å². The van der Waals surface area contributed by atoms with Crippen LogP contribution in [0.2, 0.25) is 0 Å². The normalized spacial score (nSPS) is 10.1. The van der Waals surface area contributed by atoms with Crippen molar-refractivity contribution >= 4 is 17.5 Å². The molecule has 0 saturated carbocycles. The number of nitrogens with one attached hydrogen (secondary N) is 1. The third-order valence-corrected chi connectivity index (χ3v) is 4.50. The molecule has 0 aliphatic rings. The van der Waals surface area contributed by atoms with Gasteiger partial charge in [-0.3, -0.25) is 14.6 Å². The molecular formula is C23H20N4O2. The van der Waals surface area contributed by atoms with Crippen LogP contribution >= 0.6 is 0 Å².